The lowest BCUT2D eigenvalue weighted by Crippen LogP contribution is -2.02. The average molecular weight is 354 g/mol. The van der Waals surface area contributed by atoms with Crippen LogP contribution in [0.2, 0.25) is 0 Å². The fourth-order valence-corrected chi connectivity index (χ4v) is 2.45. The Morgan fingerprint density at radius 1 is 0.800 bits per heavy atom. The minimum atomic E-state index is -0.451. The second-order valence-corrected chi connectivity index (χ2v) is 6.08. The summed E-state index contributed by atoms with van der Waals surface area (Å²) in [6.45, 7) is 2.06. The fraction of sp³-hybridized carbons (Fsp3) is 0.722. The molecule has 0 aromatic heterocycles. The van der Waals surface area contributed by atoms with Crippen molar-refractivity contribution in [3.05, 3.63) is 43.8 Å². The van der Waals surface area contributed by atoms with Crippen LogP contribution in [0.3, 0.4) is 0 Å². The summed E-state index contributed by atoms with van der Waals surface area (Å²) in [7, 11) is 0. The molecule has 0 aliphatic rings. The van der Waals surface area contributed by atoms with Crippen molar-refractivity contribution in [2.45, 2.75) is 84.0 Å². The van der Waals surface area contributed by atoms with Gasteiger partial charge in [0.1, 0.15) is 6.29 Å². The topological polar surface area (TPSA) is 103 Å². The van der Waals surface area contributed by atoms with Crippen molar-refractivity contribution in [3.63, 3.8) is 0 Å². The van der Waals surface area contributed by atoms with Gasteiger partial charge in [0.2, 0.25) is 11.4 Å². The number of aldehydes is 1. The summed E-state index contributed by atoms with van der Waals surface area (Å²) in [5.74, 6) is 0. The molecule has 0 saturated carbocycles. The van der Waals surface area contributed by atoms with Gasteiger partial charge < -0.3 is 4.79 Å². The van der Waals surface area contributed by atoms with Crippen LogP contribution in [0.4, 0.5) is 0 Å². The molecule has 0 aromatic carbocycles. The van der Waals surface area contributed by atoms with Gasteiger partial charge in [0.15, 0.2) is 0 Å². The van der Waals surface area contributed by atoms with Crippen LogP contribution in [0.25, 0.3) is 0 Å². The molecule has 0 atom stereocenters. The molecule has 0 aliphatic carbocycles. The van der Waals surface area contributed by atoms with E-state index in [1.807, 2.05) is 0 Å². The highest BCUT2D eigenvalue weighted by molar-refractivity contribution is 5.48. The van der Waals surface area contributed by atoms with Gasteiger partial charge in [-0.2, -0.15) is 0 Å². The van der Waals surface area contributed by atoms with Crippen molar-refractivity contribution < 1.29 is 14.6 Å². The van der Waals surface area contributed by atoms with Crippen molar-refractivity contribution in [1.29, 1.82) is 0 Å². The van der Waals surface area contributed by atoms with Gasteiger partial charge in [0.25, 0.3) is 0 Å². The second-order valence-electron chi connectivity index (χ2n) is 6.08. The molecule has 0 spiro atoms. The summed E-state index contributed by atoms with van der Waals surface area (Å²) >= 11 is 0. The highest BCUT2D eigenvalue weighted by Gasteiger charge is 2.14. The van der Waals surface area contributed by atoms with E-state index in [4.69, 9.17) is 0 Å². The van der Waals surface area contributed by atoms with E-state index in [1.165, 1.54) is 6.08 Å². The first-order valence-electron chi connectivity index (χ1n) is 9.13. The first kappa shape index (κ1) is 22.9. The maximum absolute atomic E-state index is 11.1. The number of nitro groups is 2. The number of allylic oxidation sites excluding steroid dienone is 3. The quantitative estimate of drug-likeness (QED) is 0.164. The molecule has 0 radical (unpaired) electrons. The van der Waals surface area contributed by atoms with E-state index in [0.717, 1.165) is 51.2 Å². The number of rotatable bonds is 16. The lowest BCUT2D eigenvalue weighted by atomic mass is 10.1. The predicted molar refractivity (Wildman–Crippen MR) is 97.3 cm³/mol. The largest absolute Gasteiger partial charge is 0.303 e. The lowest BCUT2D eigenvalue weighted by Gasteiger charge is -2.01. The van der Waals surface area contributed by atoms with E-state index in [2.05, 4.69) is 6.92 Å². The Kier molecular flexibility index (Phi) is 14.2. The number of hydrogen-bond acceptors (Lipinski definition) is 5. The van der Waals surface area contributed by atoms with Crippen LogP contribution in [-0.4, -0.2) is 16.1 Å². The van der Waals surface area contributed by atoms with E-state index in [1.54, 1.807) is 6.08 Å². The van der Waals surface area contributed by atoms with Crippen molar-refractivity contribution in [2.24, 2.45) is 0 Å². The third-order valence-electron chi connectivity index (χ3n) is 3.96. The van der Waals surface area contributed by atoms with Gasteiger partial charge in [-0.15, -0.1) is 0 Å². The molecular weight excluding hydrogens is 324 g/mol. The summed E-state index contributed by atoms with van der Waals surface area (Å²) < 4.78 is 0. The molecule has 7 nitrogen and oxygen atoms in total. The van der Waals surface area contributed by atoms with Gasteiger partial charge in [-0.05, 0) is 37.8 Å². The van der Waals surface area contributed by atoms with Gasteiger partial charge in [-0.3, -0.25) is 20.2 Å². The molecule has 0 bridgehead atoms. The molecule has 0 saturated heterocycles. The molecule has 25 heavy (non-hydrogen) atoms. The van der Waals surface area contributed by atoms with E-state index in [-0.39, 0.29) is 17.8 Å². The fourth-order valence-electron chi connectivity index (χ4n) is 2.45. The Balaban J connectivity index is 4.40. The number of carbonyl (C=O) groups excluding carboxylic acids is 1. The molecule has 142 valence electrons. The molecule has 0 heterocycles. The summed E-state index contributed by atoms with van der Waals surface area (Å²) in [6, 6.07) is 0. The maximum Gasteiger partial charge on any atom is 0.246 e. The summed E-state index contributed by atoms with van der Waals surface area (Å²) in [4.78, 5) is 31.4. The van der Waals surface area contributed by atoms with Crippen LogP contribution < -0.4 is 0 Å². The van der Waals surface area contributed by atoms with Crippen LogP contribution in [0.5, 0.6) is 0 Å². The molecule has 0 amide bonds. The standard InChI is InChI=1S/C18H30N2O5/c1-2-3-4-9-12-17(19(22)23)14-15-18(20(24)25)13-10-7-5-6-8-11-16-21/h12,15-16H,2-11,13-14H2,1H3/b17-12+,18-15+. The van der Waals surface area contributed by atoms with E-state index < -0.39 is 9.85 Å². The van der Waals surface area contributed by atoms with Crippen LogP contribution in [-0.2, 0) is 4.79 Å². The zero-order valence-electron chi connectivity index (χ0n) is 15.2. The SMILES string of the molecule is CCCCC/C=C(\C/C=C(\CCCCCCCC=O)[N+](=O)[O-])[N+](=O)[O-]. The second kappa shape index (κ2) is 15.5. The minimum Gasteiger partial charge on any atom is -0.303 e. The van der Waals surface area contributed by atoms with Gasteiger partial charge in [-0.25, -0.2) is 0 Å². The monoisotopic (exact) mass is 354 g/mol. The predicted octanol–water partition coefficient (Wildman–Crippen LogP) is 5.21. The van der Waals surface area contributed by atoms with Crippen LogP contribution in [0.15, 0.2) is 23.5 Å². The van der Waals surface area contributed by atoms with Gasteiger partial charge in [0.05, 0.1) is 16.3 Å². The molecule has 7 heteroatoms. The lowest BCUT2D eigenvalue weighted by molar-refractivity contribution is -0.432. The van der Waals surface area contributed by atoms with E-state index >= 15 is 0 Å². The Labute approximate surface area is 149 Å². The molecule has 0 rings (SSSR count). The Bertz CT molecular complexity index is 472. The number of hydrogen-bond donors (Lipinski definition) is 0. The molecule has 0 N–H and O–H groups in total. The van der Waals surface area contributed by atoms with E-state index in [9.17, 15) is 25.0 Å². The van der Waals surface area contributed by atoms with Crippen LogP contribution >= 0.6 is 0 Å². The third-order valence-corrected chi connectivity index (χ3v) is 3.96. The molecule has 0 fully saturated rings. The Morgan fingerprint density at radius 2 is 1.40 bits per heavy atom. The Hall–Kier alpha value is -2.05. The molecule has 0 aliphatic heterocycles. The van der Waals surface area contributed by atoms with Crippen molar-refractivity contribution >= 4 is 6.29 Å². The first-order valence-corrected chi connectivity index (χ1v) is 9.13. The minimum absolute atomic E-state index is 0.00519. The molecule has 0 aromatic rings. The zero-order chi connectivity index (χ0) is 18.9. The summed E-state index contributed by atoms with van der Waals surface area (Å²) in [5.41, 5.74) is 0.0820. The molecular formula is C18H30N2O5. The highest BCUT2D eigenvalue weighted by atomic mass is 16.6. The maximum atomic E-state index is 11.1. The smallest absolute Gasteiger partial charge is 0.246 e. The van der Waals surface area contributed by atoms with Crippen molar-refractivity contribution in [1.82, 2.24) is 0 Å². The van der Waals surface area contributed by atoms with Crippen LogP contribution in [0, 0.1) is 20.2 Å². The van der Waals surface area contributed by atoms with Gasteiger partial charge >= 0.3 is 0 Å². The van der Waals surface area contributed by atoms with Crippen molar-refractivity contribution in [2.75, 3.05) is 0 Å². The number of unbranched alkanes of at least 4 members (excludes halogenated alkanes) is 8. The van der Waals surface area contributed by atoms with Gasteiger partial charge in [0, 0.05) is 12.8 Å². The molecule has 0 unspecified atom stereocenters. The zero-order valence-corrected chi connectivity index (χ0v) is 15.2. The number of carbonyl (C=O) groups is 1. The normalized spacial score (nSPS) is 12.2. The summed E-state index contributed by atoms with van der Waals surface area (Å²) in [5, 5.41) is 22.1. The van der Waals surface area contributed by atoms with E-state index in [0.29, 0.717) is 25.7 Å². The average Bonchev–Trinajstić information content (AvgIpc) is 2.57. The van der Waals surface area contributed by atoms with Crippen molar-refractivity contribution in [3.8, 4) is 0 Å². The highest BCUT2D eigenvalue weighted by Crippen LogP contribution is 2.15. The van der Waals surface area contributed by atoms with Crippen LogP contribution in [0.1, 0.15) is 84.0 Å². The Morgan fingerprint density at radius 3 is 2.00 bits per heavy atom. The van der Waals surface area contributed by atoms with Gasteiger partial charge in [-0.1, -0.05) is 39.0 Å². The summed E-state index contributed by atoms with van der Waals surface area (Å²) in [6.07, 6.45) is 12.6. The number of nitrogens with zero attached hydrogens (tertiary/aromatic N) is 2. The third kappa shape index (κ3) is 13.0. The first-order chi connectivity index (χ1) is 12.0.